The lowest BCUT2D eigenvalue weighted by atomic mass is 10.2. The van der Waals surface area contributed by atoms with Crippen LogP contribution in [0.4, 0.5) is 24.5 Å². The molecule has 0 fully saturated rings. The first-order valence-corrected chi connectivity index (χ1v) is 8.00. The van der Waals surface area contributed by atoms with Crippen molar-refractivity contribution in [3.8, 4) is 5.75 Å². The van der Waals surface area contributed by atoms with Gasteiger partial charge < -0.3 is 15.4 Å². The number of hydrogen-bond acceptors (Lipinski definition) is 3. The zero-order chi connectivity index (χ0) is 19.9. The molecule has 0 saturated carbocycles. The number of anilines is 2. The van der Waals surface area contributed by atoms with Gasteiger partial charge in [-0.3, -0.25) is 9.59 Å². The molecule has 27 heavy (non-hydrogen) atoms. The van der Waals surface area contributed by atoms with Crippen molar-refractivity contribution < 1.29 is 27.5 Å². The quantitative estimate of drug-likeness (QED) is 0.723. The van der Waals surface area contributed by atoms with E-state index in [9.17, 15) is 22.8 Å². The maximum Gasteiger partial charge on any atom is 0.573 e. The fourth-order valence-corrected chi connectivity index (χ4v) is 2.11. The van der Waals surface area contributed by atoms with Crippen LogP contribution >= 0.6 is 0 Å². The first kappa shape index (κ1) is 20.0. The molecule has 0 aliphatic rings. The first-order chi connectivity index (χ1) is 12.8. The van der Waals surface area contributed by atoms with Gasteiger partial charge in [0.25, 0.3) is 0 Å². The third-order valence-corrected chi connectivity index (χ3v) is 3.29. The van der Waals surface area contributed by atoms with Crippen LogP contribution < -0.4 is 15.4 Å². The summed E-state index contributed by atoms with van der Waals surface area (Å²) in [5.41, 5.74) is 1.06. The van der Waals surface area contributed by atoms with Gasteiger partial charge >= 0.3 is 6.36 Å². The lowest BCUT2D eigenvalue weighted by Crippen LogP contribution is -2.17. The van der Waals surface area contributed by atoms with Crippen LogP contribution in [0.2, 0.25) is 0 Å². The Hall–Kier alpha value is -3.29. The highest BCUT2D eigenvalue weighted by Gasteiger charge is 2.31. The number of nitrogens with one attached hydrogen (secondary N) is 2. The van der Waals surface area contributed by atoms with Crippen LogP contribution in [0.5, 0.6) is 5.75 Å². The van der Waals surface area contributed by atoms with Gasteiger partial charge in [0.1, 0.15) is 5.75 Å². The zero-order valence-corrected chi connectivity index (χ0v) is 14.3. The molecule has 2 amide bonds. The second kappa shape index (κ2) is 8.88. The summed E-state index contributed by atoms with van der Waals surface area (Å²) in [5.74, 6) is -1.12. The molecular formula is C19H17F3N2O3. The van der Waals surface area contributed by atoms with Gasteiger partial charge in [0.05, 0.1) is 0 Å². The predicted molar refractivity (Wildman–Crippen MR) is 96.2 cm³/mol. The highest BCUT2D eigenvalue weighted by Crippen LogP contribution is 2.27. The fraction of sp³-hybridized carbons (Fsp3) is 0.158. The molecule has 0 unspecified atom stereocenters. The summed E-state index contributed by atoms with van der Waals surface area (Å²) < 4.78 is 41.1. The van der Waals surface area contributed by atoms with Crippen LogP contribution in [0, 0.1) is 0 Å². The maximum atomic E-state index is 12.4. The van der Waals surface area contributed by atoms with E-state index in [-0.39, 0.29) is 11.5 Å². The van der Waals surface area contributed by atoms with Crippen molar-refractivity contribution in [1.29, 1.82) is 0 Å². The molecule has 2 rings (SSSR count). The van der Waals surface area contributed by atoms with Gasteiger partial charge in [-0.1, -0.05) is 31.2 Å². The van der Waals surface area contributed by atoms with Gasteiger partial charge in [0.15, 0.2) is 0 Å². The smallest absolute Gasteiger partial charge is 0.405 e. The van der Waals surface area contributed by atoms with Gasteiger partial charge in [-0.25, -0.2) is 0 Å². The summed E-state index contributed by atoms with van der Waals surface area (Å²) >= 11 is 0. The van der Waals surface area contributed by atoms with E-state index in [1.807, 2.05) is 0 Å². The Morgan fingerprint density at radius 2 is 1.70 bits per heavy atom. The van der Waals surface area contributed by atoms with Crippen LogP contribution in [0.15, 0.2) is 54.6 Å². The minimum Gasteiger partial charge on any atom is -0.405 e. The van der Waals surface area contributed by atoms with Crippen molar-refractivity contribution in [3.05, 3.63) is 60.2 Å². The van der Waals surface area contributed by atoms with E-state index < -0.39 is 18.0 Å². The van der Waals surface area contributed by atoms with E-state index in [0.717, 1.165) is 12.1 Å². The number of hydrogen-bond donors (Lipinski definition) is 2. The normalized spacial score (nSPS) is 11.3. The average Bonchev–Trinajstić information content (AvgIpc) is 2.60. The summed E-state index contributed by atoms with van der Waals surface area (Å²) in [6.45, 7) is 1.71. The van der Waals surface area contributed by atoms with Crippen molar-refractivity contribution in [2.75, 3.05) is 10.6 Å². The highest BCUT2D eigenvalue weighted by atomic mass is 19.4. The monoisotopic (exact) mass is 378 g/mol. The minimum atomic E-state index is -4.82. The fourth-order valence-electron chi connectivity index (χ4n) is 2.11. The van der Waals surface area contributed by atoms with Crippen molar-refractivity contribution in [2.24, 2.45) is 0 Å². The molecule has 0 aromatic heterocycles. The Bertz CT molecular complexity index is 848. The molecule has 2 aromatic carbocycles. The topological polar surface area (TPSA) is 67.4 Å². The van der Waals surface area contributed by atoms with Gasteiger partial charge in [0.2, 0.25) is 11.8 Å². The van der Waals surface area contributed by atoms with Crippen LogP contribution in [-0.2, 0) is 9.59 Å². The summed E-state index contributed by atoms with van der Waals surface area (Å²) in [4.78, 5) is 23.4. The Labute approximate surface area is 153 Å². The molecule has 2 aromatic rings. The standard InChI is InChI=1S/C19H17F3N2O3/c1-2-17(25)23-14-7-5-8-15(12-14)24-18(26)11-10-13-6-3-4-9-16(13)27-19(20,21)22/h3-12H,2H2,1H3,(H,23,25)(H,24,26)/b11-10+. The average molecular weight is 378 g/mol. The molecular weight excluding hydrogens is 361 g/mol. The molecule has 2 N–H and O–H groups in total. The largest absolute Gasteiger partial charge is 0.573 e. The third kappa shape index (κ3) is 6.85. The number of carbonyl (C=O) groups excluding carboxylic acids is 2. The van der Waals surface area contributed by atoms with Crippen molar-refractivity contribution in [3.63, 3.8) is 0 Å². The Morgan fingerprint density at radius 1 is 1.04 bits per heavy atom. The van der Waals surface area contributed by atoms with Crippen LogP contribution in [-0.4, -0.2) is 18.2 Å². The van der Waals surface area contributed by atoms with Crippen LogP contribution in [0.3, 0.4) is 0 Å². The van der Waals surface area contributed by atoms with Gasteiger partial charge in [-0.2, -0.15) is 0 Å². The van der Waals surface area contributed by atoms with Crippen molar-refractivity contribution in [2.45, 2.75) is 19.7 Å². The lowest BCUT2D eigenvalue weighted by Gasteiger charge is -2.11. The number of amides is 2. The molecule has 142 valence electrons. The summed E-state index contributed by atoms with van der Waals surface area (Å²) in [5, 5.41) is 5.23. The van der Waals surface area contributed by atoms with E-state index in [0.29, 0.717) is 17.8 Å². The molecule has 0 bridgehead atoms. The summed E-state index contributed by atoms with van der Waals surface area (Å²) in [7, 11) is 0. The van der Waals surface area contributed by atoms with Crippen LogP contribution in [0.25, 0.3) is 6.08 Å². The van der Waals surface area contributed by atoms with Gasteiger partial charge in [0, 0.05) is 29.4 Å². The number of ether oxygens (including phenoxy) is 1. The first-order valence-electron chi connectivity index (χ1n) is 8.00. The van der Waals surface area contributed by atoms with E-state index in [1.165, 1.54) is 24.3 Å². The van der Waals surface area contributed by atoms with E-state index in [4.69, 9.17) is 0 Å². The molecule has 0 aliphatic carbocycles. The second-order valence-electron chi connectivity index (χ2n) is 5.39. The number of halogens is 3. The van der Waals surface area contributed by atoms with E-state index in [1.54, 1.807) is 31.2 Å². The van der Waals surface area contributed by atoms with Gasteiger partial charge in [-0.15, -0.1) is 13.2 Å². The lowest BCUT2D eigenvalue weighted by molar-refractivity contribution is -0.274. The minimum absolute atomic E-state index is 0.105. The predicted octanol–water partition coefficient (Wildman–Crippen LogP) is 4.59. The Kier molecular flexibility index (Phi) is 6.59. The third-order valence-electron chi connectivity index (χ3n) is 3.29. The molecule has 0 saturated heterocycles. The number of carbonyl (C=O) groups is 2. The van der Waals surface area contributed by atoms with Crippen LogP contribution in [0.1, 0.15) is 18.9 Å². The second-order valence-corrected chi connectivity index (χ2v) is 5.39. The van der Waals surface area contributed by atoms with Gasteiger partial charge in [-0.05, 0) is 30.3 Å². The number of rotatable bonds is 6. The summed E-state index contributed by atoms with van der Waals surface area (Å²) in [6.07, 6.45) is -2.19. The zero-order valence-electron chi connectivity index (χ0n) is 14.3. The van der Waals surface area contributed by atoms with Crippen molar-refractivity contribution in [1.82, 2.24) is 0 Å². The Balaban J connectivity index is 2.06. The molecule has 8 heteroatoms. The molecule has 0 radical (unpaired) electrons. The summed E-state index contributed by atoms with van der Waals surface area (Å²) in [6, 6.07) is 12.0. The Morgan fingerprint density at radius 3 is 2.37 bits per heavy atom. The SMILES string of the molecule is CCC(=O)Nc1cccc(NC(=O)/C=C/c2ccccc2OC(F)(F)F)c1. The molecule has 5 nitrogen and oxygen atoms in total. The van der Waals surface area contributed by atoms with E-state index in [2.05, 4.69) is 15.4 Å². The molecule has 0 aliphatic heterocycles. The number of benzene rings is 2. The molecule has 0 atom stereocenters. The van der Waals surface area contributed by atoms with Crippen molar-refractivity contribution >= 4 is 29.3 Å². The number of alkyl halides is 3. The highest BCUT2D eigenvalue weighted by molar-refractivity contribution is 6.02. The molecule has 0 spiro atoms. The number of para-hydroxylation sites is 1. The molecule has 0 heterocycles. The maximum absolute atomic E-state index is 12.4. The van der Waals surface area contributed by atoms with E-state index >= 15 is 0 Å².